The molecule has 0 radical (unpaired) electrons. The van der Waals surface area contributed by atoms with E-state index in [1.54, 1.807) is 12.2 Å². The van der Waals surface area contributed by atoms with Gasteiger partial charge in [0.25, 0.3) is 0 Å². The van der Waals surface area contributed by atoms with Gasteiger partial charge in [0.05, 0.1) is 17.6 Å². The zero-order chi connectivity index (χ0) is 20.6. The summed E-state index contributed by atoms with van der Waals surface area (Å²) in [5.74, 6) is 1.90. The molecule has 1 aromatic heterocycles. The first-order valence-corrected chi connectivity index (χ1v) is 10.1. The van der Waals surface area contributed by atoms with Gasteiger partial charge in [0, 0.05) is 13.0 Å². The van der Waals surface area contributed by atoms with Crippen LogP contribution in [-0.2, 0) is 17.8 Å². The topological polar surface area (TPSA) is 56.2 Å². The normalized spacial score (nSPS) is 11.3. The van der Waals surface area contributed by atoms with Crippen molar-refractivity contribution >= 4 is 16.9 Å². The number of ether oxygens (including phenoxy) is 1. The van der Waals surface area contributed by atoms with E-state index in [0.717, 1.165) is 47.6 Å². The van der Waals surface area contributed by atoms with Gasteiger partial charge in [0.15, 0.2) is 0 Å². The van der Waals surface area contributed by atoms with E-state index in [2.05, 4.69) is 48.0 Å². The van der Waals surface area contributed by atoms with Crippen molar-refractivity contribution in [1.82, 2.24) is 14.9 Å². The number of hydrogen-bond donors (Lipinski definition) is 1. The second-order valence-corrected chi connectivity index (χ2v) is 7.18. The Hall–Kier alpha value is -3.08. The molecule has 3 aromatic rings. The zero-order valence-corrected chi connectivity index (χ0v) is 17.4. The van der Waals surface area contributed by atoms with Gasteiger partial charge in [-0.3, -0.25) is 4.79 Å². The first-order chi connectivity index (χ1) is 14.1. The summed E-state index contributed by atoms with van der Waals surface area (Å²) in [5, 5.41) is 2.90. The maximum atomic E-state index is 11.6. The molecule has 2 aromatic carbocycles. The van der Waals surface area contributed by atoms with Crippen LogP contribution < -0.4 is 10.1 Å². The number of aromatic nitrogens is 2. The van der Waals surface area contributed by atoms with E-state index in [0.29, 0.717) is 13.2 Å². The lowest BCUT2D eigenvalue weighted by Crippen LogP contribution is -2.23. The maximum Gasteiger partial charge on any atom is 0.243 e. The fraction of sp³-hybridized carbons (Fsp3) is 0.333. The number of nitrogens with one attached hydrogen (secondary N) is 1. The van der Waals surface area contributed by atoms with Crippen molar-refractivity contribution in [2.45, 2.75) is 40.2 Å². The van der Waals surface area contributed by atoms with Gasteiger partial charge in [-0.05, 0) is 62.6 Å². The van der Waals surface area contributed by atoms with Crippen LogP contribution in [0.25, 0.3) is 11.0 Å². The molecule has 0 aliphatic carbocycles. The summed E-state index contributed by atoms with van der Waals surface area (Å²) in [4.78, 5) is 16.4. The van der Waals surface area contributed by atoms with Gasteiger partial charge in [0.2, 0.25) is 5.91 Å². The summed E-state index contributed by atoms with van der Waals surface area (Å²) in [7, 11) is 0. The molecule has 0 bridgehead atoms. The number of aryl methyl sites for hydroxylation is 3. The Morgan fingerprint density at radius 3 is 2.86 bits per heavy atom. The molecule has 1 amide bonds. The maximum absolute atomic E-state index is 11.6. The lowest BCUT2D eigenvalue weighted by molar-refractivity contribution is -0.116. The minimum Gasteiger partial charge on any atom is -0.491 e. The van der Waals surface area contributed by atoms with Crippen LogP contribution in [0.1, 0.15) is 30.3 Å². The Morgan fingerprint density at radius 1 is 1.21 bits per heavy atom. The molecule has 0 aliphatic rings. The van der Waals surface area contributed by atoms with E-state index >= 15 is 0 Å². The van der Waals surface area contributed by atoms with Gasteiger partial charge in [-0.1, -0.05) is 30.3 Å². The Labute approximate surface area is 172 Å². The van der Waals surface area contributed by atoms with E-state index in [4.69, 9.17) is 9.72 Å². The Bertz CT molecular complexity index is 1000. The van der Waals surface area contributed by atoms with Crippen LogP contribution >= 0.6 is 0 Å². The molecule has 5 heteroatoms. The highest BCUT2D eigenvalue weighted by atomic mass is 16.5. The molecule has 1 heterocycles. The first-order valence-electron chi connectivity index (χ1n) is 10.1. The molecule has 29 heavy (non-hydrogen) atoms. The molecule has 0 spiro atoms. The van der Waals surface area contributed by atoms with Crippen LogP contribution in [-0.4, -0.2) is 28.6 Å². The van der Waals surface area contributed by atoms with Crippen molar-refractivity contribution in [3.63, 3.8) is 0 Å². The Kier molecular flexibility index (Phi) is 7.06. The molecule has 0 unspecified atom stereocenters. The van der Waals surface area contributed by atoms with Gasteiger partial charge in [-0.15, -0.1) is 0 Å². The zero-order valence-electron chi connectivity index (χ0n) is 17.4. The summed E-state index contributed by atoms with van der Waals surface area (Å²) in [5.41, 5.74) is 4.44. The third-order valence-corrected chi connectivity index (χ3v) is 4.84. The van der Waals surface area contributed by atoms with Crippen molar-refractivity contribution in [2.75, 3.05) is 13.2 Å². The first kappa shape index (κ1) is 20.6. The molecule has 0 fully saturated rings. The van der Waals surface area contributed by atoms with Crippen LogP contribution in [0.4, 0.5) is 0 Å². The lowest BCUT2D eigenvalue weighted by Gasteiger charge is -2.13. The van der Waals surface area contributed by atoms with E-state index in [1.165, 1.54) is 5.56 Å². The minimum atomic E-state index is -0.0528. The molecule has 1 N–H and O–H groups in total. The monoisotopic (exact) mass is 391 g/mol. The van der Waals surface area contributed by atoms with Crippen molar-refractivity contribution in [2.24, 2.45) is 0 Å². The van der Waals surface area contributed by atoms with Gasteiger partial charge < -0.3 is 14.6 Å². The summed E-state index contributed by atoms with van der Waals surface area (Å²) in [6, 6.07) is 14.4. The Balaban J connectivity index is 1.66. The number of carbonyl (C=O) groups is 1. The average Bonchev–Trinajstić information content (AvgIpc) is 3.06. The van der Waals surface area contributed by atoms with Crippen LogP contribution in [0.15, 0.2) is 54.6 Å². The molecule has 0 atom stereocenters. The third-order valence-electron chi connectivity index (χ3n) is 4.84. The predicted octanol–water partition coefficient (Wildman–Crippen LogP) is 4.36. The van der Waals surface area contributed by atoms with Crippen LogP contribution in [0.5, 0.6) is 5.75 Å². The summed E-state index contributed by atoms with van der Waals surface area (Å²) >= 11 is 0. The fourth-order valence-electron chi connectivity index (χ4n) is 3.34. The molecule has 3 rings (SSSR count). The van der Waals surface area contributed by atoms with Crippen molar-refractivity contribution < 1.29 is 9.53 Å². The number of fused-ring (bicyclic) bond motifs is 1. The average molecular weight is 392 g/mol. The van der Waals surface area contributed by atoms with E-state index in [-0.39, 0.29) is 5.91 Å². The number of allylic oxidation sites excluding steroid dienone is 1. The quantitative estimate of drug-likeness (QED) is 0.436. The SMILES string of the molecule is C/C=C\C(=O)NCCCc1nc2ccccc2n1CCOc1cc(C)ccc1C. The number of imidazole rings is 1. The van der Waals surface area contributed by atoms with Crippen molar-refractivity contribution in [3.8, 4) is 5.75 Å². The van der Waals surface area contributed by atoms with Crippen LogP contribution in [0, 0.1) is 13.8 Å². The van der Waals surface area contributed by atoms with Gasteiger partial charge in [0.1, 0.15) is 18.2 Å². The van der Waals surface area contributed by atoms with E-state index in [1.807, 2.05) is 25.1 Å². The number of para-hydroxylation sites is 2. The van der Waals surface area contributed by atoms with Crippen molar-refractivity contribution in [3.05, 3.63) is 71.6 Å². The third kappa shape index (κ3) is 5.47. The number of benzene rings is 2. The highest BCUT2D eigenvalue weighted by Crippen LogP contribution is 2.20. The number of rotatable bonds is 9. The molecule has 0 aliphatic heterocycles. The van der Waals surface area contributed by atoms with Crippen LogP contribution in [0.3, 0.4) is 0 Å². The number of amides is 1. The highest BCUT2D eigenvalue weighted by molar-refractivity contribution is 5.87. The number of carbonyl (C=O) groups excluding carboxylic acids is 1. The largest absolute Gasteiger partial charge is 0.491 e. The number of hydrogen-bond acceptors (Lipinski definition) is 3. The van der Waals surface area contributed by atoms with Crippen molar-refractivity contribution in [1.29, 1.82) is 0 Å². The predicted molar refractivity (Wildman–Crippen MR) is 117 cm³/mol. The lowest BCUT2D eigenvalue weighted by atomic mass is 10.1. The Morgan fingerprint density at radius 2 is 2.03 bits per heavy atom. The molecular formula is C24H29N3O2. The smallest absolute Gasteiger partial charge is 0.243 e. The van der Waals surface area contributed by atoms with Gasteiger partial charge >= 0.3 is 0 Å². The molecule has 152 valence electrons. The summed E-state index contributed by atoms with van der Waals surface area (Å²) in [6.45, 7) is 7.91. The van der Waals surface area contributed by atoms with Crippen LogP contribution in [0.2, 0.25) is 0 Å². The van der Waals surface area contributed by atoms with Gasteiger partial charge in [-0.2, -0.15) is 0 Å². The molecule has 0 saturated carbocycles. The summed E-state index contributed by atoms with van der Waals surface area (Å²) < 4.78 is 8.30. The van der Waals surface area contributed by atoms with E-state index < -0.39 is 0 Å². The molecule has 5 nitrogen and oxygen atoms in total. The summed E-state index contributed by atoms with van der Waals surface area (Å²) in [6.07, 6.45) is 4.92. The molecular weight excluding hydrogens is 362 g/mol. The number of nitrogens with zero attached hydrogens (tertiary/aromatic N) is 2. The van der Waals surface area contributed by atoms with E-state index in [9.17, 15) is 4.79 Å². The molecule has 0 saturated heterocycles. The second kappa shape index (κ2) is 9.92. The standard InChI is InChI=1S/C24H29N3O2/c1-4-8-24(28)25-14-7-11-23-26-20-9-5-6-10-21(20)27(23)15-16-29-22-17-18(2)12-13-19(22)3/h4-6,8-10,12-13,17H,7,11,14-16H2,1-3H3,(H,25,28)/b8-4-. The highest BCUT2D eigenvalue weighted by Gasteiger charge is 2.11. The second-order valence-electron chi connectivity index (χ2n) is 7.18. The fourth-order valence-corrected chi connectivity index (χ4v) is 3.34. The van der Waals surface area contributed by atoms with Gasteiger partial charge in [-0.25, -0.2) is 4.98 Å². The minimum absolute atomic E-state index is 0.0528.